The van der Waals surface area contributed by atoms with Gasteiger partial charge in [-0.15, -0.1) is 0 Å². The van der Waals surface area contributed by atoms with Crippen LogP contribution < -0.4 is 10.6 Å². The van der Waals surface area contributed by atoms with Crippen molar-refractivity contribution >= 4 is 19.5 Å². The minimum atomic E-state index is -4.54. The van der Waals surface area contributed by atoms with Crippen LogP contribution in [0.5, 0.6) is 0 Å². The molecule has 1 aliphatic rings. The smallest absolute Gasteiger partial charge is 0.331 e. The number of amides is 1. The van der Waals surface area contributed by atoms with Crippen LogP contribution in [0.2, 0.25) is 0 Å². The van der Waals surface area contributed by atoms with E-state index in [9.17, 15) is 44.6 Å². The van der Waals surface area contributed by atoms with Crippen LogP contribution in [0.1, 0.15) is 23.7 Å². The topological polar surface area (TPSA) is 206 Å². The molecule has 0 aliphatic carbocycles. The van der Waals surface area contributed by atoms with Crippen LogP contribution in [0.3, 0.4) is 0 Å². The lowest BCUT2D eigenvalue weighted by Gasteiger charge is -2.28. The van der Waals surface area contributed by atoms with E-state index in [0.717, 1.165) is 18.1 Å². The Morgan fingerprint density at radius 1 is 1.05 bits per heavy atom. The van der Waals surface area contributed by atoms with Crippen molar-refractivity contribution in [2.75, 3.05) is 19.4 Å². The Balaban J connectivity index is 1.58. The molecule has 0 aromatic heterocycles. The summed E-state index contributed by atoms with van der Waals surface area (Å²) >= 11 is 0. The van der Waals surface area contributed by atoms with E-state index in [2.05, 4.69) is 10.6 Å². The SMILES string of the molecule is CC(COP(=O)(O)C[C@H](O)C[C@H]1N[C@H](CO)[C@@H](O)[C@@H]1O)(NC(=O)c1ccc(-c2ccccc2)cc1)C(=O)O. The summed E-state index contributed by atoms with van der Waals surface area (Å²) in [5, 5.41) is 54.1. The lowest BCUT2D eigenvalue weighted by molar-refractivity contribution is -0.145. The molecular formula is C25H33N2O10P. The van der Waals surface area contributed by atoms with E-state index >= 15 is 0 Å². The summed E-state index contributed by atoms with van der Waals surface area (Å²) in [6.45, 7) is -0.202. The number of carbonyl (C=O) groups is 2. The zero-order valence-corrected chi connectivity index (χ0v) is 21.6. The van der Waals surface area contributed by atoms with E-state index in [4.69, 9.17) is 4.52 Å². The molecular weight excluding hydrogens is 519 g/mol. The van der Waals surface area contributed by atoms with E-state index < -0.39 is 74.8 Å². The molecule has 38 heavy (non-hydrogen) atoms. The molecule has 1 aliphatic heterocycles. The van der Waals surface area contributed by atoms with Crippen molar-refractivity contribution in [3.8, 4) is 11.1 Å². The summed E-state index contributed by atoms with van der Waals surface area (Å²) in [6.07, 6.45) is -5.08. The van der Waals surface area contributed by atoms with Crippen LogP contribution in [0, 0.1) is 0 Å². The van der Waals surface area contributed by atoms with Gasteiger partial charge in [-0.25, -0.2) is 4.79 Å². The second kappa shape index (κ2) is 12.5. The van der Waals surface area contributed by atoms with E-state index in [1.807, 2.05) is 30.3 Å². The van der Waals surface area contributed by atoms with Crippen LogP contribution >= 0.6 is 7.60 Å². The van der Waals surface area contributed by atoms with Gasteiger partial charge in [-0.2, -0.15) is 0 Å². The summed E-state index contributed by atoms with van der Waals surface area (Å²) in [4.78, 5) is 34.9. The van der Waals surface area contributed by atoms with Crippen molar-refractivity contribution in [1.29, 1.82) is 0 Å². The molecule has 7 atom stereocenters. The number of hydrogen-bond donors (Lipinski definition) is 8. The Labute approximate surface area is 219 Å². The number of aliphatic hydroxyl groups is 4. The molecule has 3 rings (SSSR count). The minimum absolute atomic E-state index is 0.172. The quantitative estimate of drug-likeness (QED) is 0.164. The van der Waals surface area contributed by atoms with E-state index in [1.54, 1.807) is 12.1 Å². The third-order valence-corrected chi connectivity index (χ3v) is 7.85. The first-order chi connectivity index (χ1) is 17.8. The number of aliphatic carboxylic acids is 1. The first-order valence-corrected chi connectivity index (χ1v) is 13.7. The van der Waals surface area contributed by atoms with Gasteiger partial charge in [0.2, 0.25) is 0 Å². The molecule has 208 valence electrons. The summed E-state index contributed by atoms with van der Waals surface area (Å²) in [6, 6.07) is 14.2. The van der Waals surface area contributed by atoms with Gasteiger partial charge in [0.15, 0.2) is 5.54 Å². The zero-order valence-electron chi connectivity index (χ0n) is 20.7. The molecule has 8 N–H and O–H groups in total. The maximum absolute atomic E-state index is 12.7. The summed E-state index contributed by atoms with van der Waals surface area (Å²) in [5.74, 6) is -2.24. The van der Waals surface area contributed by atoms with Gasteiger partial charge in [-0.1, -0.05) is 42.5 Å². The van der Waals surface area contributed by atoms with Gasteiger partial charge in [0, 0.05) is 11.6 Å². The standard InChI is InChI=1S/C25H33N2O10P/c1-25(24(33)34,27-23(32)17-9-7-16(8-10-17)15-5-3-2-4-6-15)14-37-38(35,36)13-18(29)11-19-21(30)22(31)20(12-28)26-19/h2-10,18-22,26,28-31H,11-14H2,1H3,(H,27,32)(H,33,34)(H,35,36)/t18-,19-,20-,21-,22-,25?/m1/s1. The van der Waals surface area contributed by atoms with Gasteiger partial charge in [-0.05, 0) is 36.6 Å². The van der Waals surface area contributed by atoms with E-state index in [0.29, 0.717) is 0 Å². The molecule has 1 amide bonds. The Morgan fingerprint density at radius 3 is 2.18 bits per heavy atom. The number of rotatable bonds is 12. The molecule has 2 aromatic carbocycles. The highest BCUT2D eigenvalue weighted by Gasteiger charge is 2.43. The summed E-state index contributed by atoms with van der Waals surface area (Å²) in [5.41, 5.74) is -0.106. The first-order valence-electron chi connectivity index (χ1n) is 11.9. The Hall–Kier alpha value is -2.67. The van der Waals surface area contributed by atoms with E-state index in [1.165, 1.54) is 12.1 Å². The predicted molar refractivity (Wildman–Crippen MR) is 136 cm³/mol. The van der Waals surface area contributed by atoms with Crippen LogP contribution in [-0.4, -0.2) is 97.6 Å². The number of carboxylic acid groups (broad SMARTS) is 1. The van der Waals surface area contributed by atoms with Crippen molar-refractivity contribution in [1.82, 2.24) is 10.6 Å². The van der Waals surface area contributed by atoms with Gasteiger partial charge in [0.1, 0.15) is 0 Å². The number of aliphatic hydroxyl groups excluding tert-OH is 4. The van der Waals surface area contributed by atoms with Gasteiger partial charge in [-0.3, -0.25) is 9.36 Å². The Bertz CT molecular complexity index is 1150. The Kier molecular flexibility index (Phi) is 9.80. The van der Waals surface area contributed by atoms with Gasteiger partial charge in [0.05, 0.1) is 43.7 Å². The van der Waals surface area contributed by atoms with Crippen molar-refractivity contribution in [3.63, 3.8) is 0 Å². The van der Waals surface area contributed by atoms with Crippen LogP contribution in [0.4, 0.5) is 0 Å². The number of hydrogen-bond acceptors (Lipinski definition) is 9. The van der Waals surface area contributed by atoms with Gasteiger partial charge < -0.3 is 45.6 Å². The third kappa shape index (κ3) is 7.46. The lowest BCUT2D eigenvalue weighted by Crippen LogP contribution is -2.55. The molecule has 0 bridgehead atoms. The van der Waals surface area contributed by atoms with Crippen molar-refractivity contribution < 1.29 is 49.1 Å². The molecule has 2 unspecified atom stereocenters. The molecule has 1 saturated heterocycles. The average molecular weight is 553 g/mol. The first kappa shape index (κ1) is 29.9. The molecule has 2 aromatic rings. The molecule has 0 radical (unpaired) electrons. The second-order valence-electron chi connectivity index (χ2n) is 9.56. The predicted octanol–water partition coefficient (Wildman–Crippen LogP) is -0.0658. The van der Waals surface area contributed by atoms with Crippen LogP contribution in [0.25, 0.3) is 11.1 Å². The van der Waals surface area contributed by atoms with Gasteiger partial charge in [0.25, 0.3) is 5.91 Å². The fourth-order valence-corrected chi connectivity index (χ4v) is 5.40. The number of carbonyl (C=O) groups excluding carboxylic acids is 1. The largest absolute Gasteiger partial charge is 0.479 e. The van der Waals surface area contributed by atoms with Crippen LogP contribution in [0.15, 0.2) is 54.6 Å². The summed E-state index contributed by atoms with van der Waals surface area (Å²) < 4.78 is 17.5. The minimum Gasteiger partial charge on any atom is -0.479 e. The third-order valence-electron chi connectivity index (χ3n) is 6.44. The van der Waals surface area contributed by atoms with Gasteiger partial charge >= 0.3 is 13.6 Å². The highest BCUT2D eigenvalue weighted by atomic mass is 31.2. The molecule has 0 spiro atoms. The van der Waals surface area contributed by atoms with Crippen molar-refractivity contribution in [3.05, 3.63) is 60.2 Å². The highest BCUT2D eigenvalue weighted by Crippen LogP contribution is 2.44. The molecule has 1 heterocycles. The zero-order chi connectivity index (χ0) is 28.1. The highest BCUT2D eigenvalue weighted by molar-refractivity contribution is 7.52. The molecule has 1 fully saturated rings. The second-order valence-corrected chi connectivity index (χ2v) is 11.5. The fourth-order valence-electron chi connectivity index (χ4n) is 4.15. The maximum atomic E-state index is 12.7. The number of carboxylic acids is 1. The Morgan fingerprint density at radius 2 is 1.63 bits per heavy atom. The van der Waals surface area contributed by atoms with E-state index in [-0.39, 0.29) is 12.0 Å². The summed E-state index contributed by atoms with van der Waals surface area (Å²) in [7, 11) is -4.54. The maximum Gasteiger partial charge on any atom is 0.331 e. The van der Waals surface area contributed by atoms with Crippen molar-refractivity contribution in [2.45, 2.75) is 49.3 Å². The van der Waals surface area contributed by atoms with Crippen LogP contribution in [-0.2, 0) is 13.9 Å². The number of benzene rings is 2. The monoisotopic (exact) mass is 552 g/mol. The normalized spacial score (nSPS) is 25.2. The van der Waals surface area contributed by atoms with Crippen molar-refractivity contribution in [2.24, 2.45) is 0 Å². The molecule has 0 saturated carbocycles. The number of nitrogens with one attached hydrogen (secondary N) is 2. The molecule has 13 heteroatoms. The fraction of sp³-hybridized carbons (Fsp3) is 0.440. The average Bonchev–Trinajstić information content (AvgIpc) is 3.15. The molecule has 12 nitrogen and oxygen atoms in total. The lowest BCUT2D eigenvalue weighted by atomic mass is 10.0.